The van der Waals surface area contributed by atoms with E-state index in [0.29, 0.717) is 23.0 Å². The van der Waals surface area contributed by atoms with Crippen LogP contribution in [0.1, 0.15) is 32.6 Å². The number of hydrogen-bond acceptors (Lipinski definition) is 3. The molecule has 2 saturated heterocycles. The van der Waals surface area contributed by atoms with Crippen molar-refractivity contribution in [3.05, 3.63) is 0 Å². The van der Waals surface area contributed by atoms with Crippen molar-refractivity contribution in [1.29, 1.82) is 0 Å². The van der Waals surface area contributed by atoms with Gasteiger partial charge < -0.3 is 10.2 Å². The highest BCUT2D eigenvalue weighted by Gasteiger charge is 2.26. The molecule has 2 heterocycles. The molecule has 2 atom stereocenters. The van der Waals surface area contributed by atoms with E-state index in [9.17, 15) is 4.79 Å². The lowest BCUT2D eigenvalue weighted by Gasteiger charge is -2.27. The van der Waals surface area contributed by atoms with E-state index in [1.807, 2.05) is 16.7 Å². The van der Waals surface area contributed by atoms with Crippen LogP contribution in [0.15, 0.2) is 0 Å². The highest BCUT2D eigenvalue weighted by Crippen LogP contribution is 2.25. The fourth-order valence-electron chi connectivity index (χ4n) is 2.23. The van der Waals surface area contributed by atoms with Crippen molar-refractivity contribution in [2.24, 2.45) is 0 Å². The summed E-state index contributed by atoms with van der Waals surface area (Å²) in [5.74, 6) is 0.341. The molecule has 0 spiro atoms. The summed E-state index contributed by atoms with van der Waals surface area (Å²) in [5.41, 5.74) is 0. The molecule has 0 aromatic rings. The summed E-state index contributed by atoms with van der Waals surface area (Å²) in [6, 6.07) is 0. The minimum atomic E-state index is 0.341. The third-order valence-electron chi connectivity index (χ3n) is 3.10. The molecule has 0 aromatic carbocycles. The Morgan fingerprint density at radius 2 is 2.13 bits per heavy atom. The van der Waals surface area contributed by atoms with Crippen LogP contribution in [0.25, 0.3) is 0 Å². The summed E-state index contributed by atoms with van der Waals surface area (Å²) in [4.78, 5) is 14.0. The van der Waals surface area contributed by atoms with E-state index in [1.165, 1.54) is 19.3 Å². The molecule has 86 valence electrons. The molecule has 0 bridgehead atoms. The van der Waals surface area contributed by atoms with Crippen LogP contribution in [-0.2, 0) is 4.79 Å². The number of carbonyl (C=O) groups excluding carboxylic acids is 1. The van der Waals surface area contributed by atoms with Crippen molar-refractivity contribution in [1.82, 2.24) is 10.2 Å². The lowest BCUT2D eigenvalue weighted by atomic mass is 10.1. The number of hydrogen-bond donors (Lipinski definition) is 1. The molecule has 2 unspecified atom stereocenters. The van der Waals surface area contributed by atoms with Gasteiger partial charge in [0, 0.05) is 24.9 Å². The van der Waals surface area contributed by atoms with Gasteiger partial charge >= 0.3 is 0 Å². The van der Waals surface area contributed by atoms with Crippen LogP contribution in [0.2, 0.25) is 0 Å². The van der Waals surface area contributed by atoms with Crippen LogP contribution in [-0.4, -0.2) is 41.1 Å². The molecule has 15 heavy (non-hydrogen) atoms. The zero-order valence-corrected chi connectivity index (χ0v) is 10.2. The average molecular weight is 228 g/mol. The Bertz CT molecular complexity index is 229. The third kappa shape index (κ3) is 3.11. The van der Waals surface area contributed by atoms with Crippen LogP contribution in [0.3, 0.4) is 0 Å². The van der Waals surface area contributed by atoms with E-state index >= 15 is 0 Å². The standard InChI is InChI=1S/C11H20N2OS/c1-9-8-12-10(15-9)7-11(14)13-5-3-2-4-6-13/h9-10,12H,2-8H2,1H3. The lowest BCUT2D eigenvalue weighted by molar-refractivity contribution is -0.132. The SMILES string of the molecule is CC1CNC(CC(=O)N2CCCCC2)S1. The minimum Gasteiger partial charge on any atom is -0.343 e. The molecular formula is C11H20N2OS. The quantitative estimate of drug-likeness (QED) is 0.776. The Hall–Kier alpha value is -0.220. The highest BCUT2D eigenvalue weighted by atomic mass is 32.2. The van der Waals surface area contributed by atoms with Gasteiger partial charge in [-0.1, -0.05) is 6.92 Å². The van der Waals surface area contributed by atoms with Gasteiger partial charge in [0.25, 0.3) is 0 Å². The number of nitrogens with one attached hydrogen (secondary N) is 1. The Kier molecular flexibility index (Phi) is 3.92. The Labute approximate surface area is 96.0 Å². The topological polar surface area (TPSA) is 32.3 Å². The normalized spacial score (nSPS) is 31.9. The summed E-state index contributed by atoms with van der Waals surface area (Å²) >= 11 is 1.90. The number of thioether (sulfide) groups is 1. The fraction of sp³-hybridized carbons (Fsp3) is 0.909. The molecule has 1 N–H and O–H groups in total. The first-order chi connectivity index (χ1) is 7.25. The van der Waals surface area contributed by atoms with Gasteiger partial charge in [-0.25, -0.2) is 0 Å². The first-order valence-electron chi connectivity index (χ1n) is 5.92. The molecule has 2 rings (SSSR count). The van der Waals surface area contributed by atoms with Gasteiger partial charge in [0.15, 0.2) is 0 Å². The second kappa shape index (κ2) is 5.21. The molecule has 0 aromatic heterocycles. The van der Waals surface area contributed by atoms with Crippen molar-refractivity contribution in [3.63, 3.8) is 0 Å². The van der Waals surface area contributed by atoms with Crippen molar-refractivity contribution in [2.75, 3.05) is 19.6 Å². The highest BCUT2D eigenvalue weighted by molar-refractivity contribution is 8.00. The Balaban J connectivity index is 1.76. The van der Waals surface area contributed by atoms with Gasteiger partial charge in [-0.2, -0.15) is 0 Å². The van der Waals surface area contributed by atoms with Gasteiger partial charge in [-0.3, -0.25) is 4.79 Å². The maximum absolute atomic E-state index is 11.9. The number of nitrogens with zero attached hydrogens (tertiary/aromatic N) is 1. The second-order valence-electron chi connectivity index (χ2n) is 4.49. The van der Waals surface area contributed by atoms with Crippen LogP contribution in [0.5, 0.6) is 0 Å². The van der Waals surface area contributed by atoms with Gasteiger partial charge in [0.2, 0.25) is 5.91 Å². The molecule has 2 fully saturated rings. The predicted molar refractivity (Wildman–Crippen MR) is 63.9 cm³/mol. The number of amides is 1. The molecular weight excluding hydrogens is 208 g/mol. The Morgan fingerprint density at radius 3 is 2.73 bits per heavy atom. The summed E-state index contributed by atoms with van der Waals surface area (Å²) in [7, 11) is 0. The van der Waals surface area contributed by atoms with Crippen LogP contribution in [0.4, 0.5) is 0 Å². The lowest BCUT2D eigenvalue weighted by Crippen LogP contribution is -2.38. The van der Waals surface area contributed by atoms with Crippen molar-refractivity contribution < 1.29 is 4.79 Å². The maximum Gasteiger partial charge on any atom is 0.225 e. The largest absolute Gasteiger partial charge is 0.343 e. The van der Waals surface area contributed by atoms with Crippen LogP contribution in [0, 0.1) is 0 Å². The zero-order chi connectivity index (χ0) is 10.7. The molecule has 0 radical (unpaired) electrons. The number of piperidine rings is 1. The average Bonchev–Trinajstić information content (AvgIpc) is 2.65. The first kappa shape index (κ1) is 11.3. The molecule has 1 amide bonds. The number of rotatable bonds is 2. The van der Waals surface area contributed by atoms with E-state index < -0.39 is 0 Å². The predicted octanol–water partition coefficient (Wildman–Crippen LogP) is 1.44. The van der Waals surface area contributed by atoms with Gasteiger partial charge in [-0.15, -0.1) is 11.8 Å². The van der Waals surface area contributed by atoms with E-state index in [1.54, 1.807) is 0 Å². The van der Waals surface area contributed by atoms with Gasteiger partial charge in [-0.05, 0) is 19.3 Å². The van der Waals surface area contributed by atoms with Crippen molar-refractivity contribution >= 4 is 17.7 Å². The summed E-state index contributed by atoms with van der Waals surface area (Å²) in [6.07, 6.45) is 4.34. The van der Waals surface area contributed by atoms with E-state index in [4.69, 9.17) is 0 Å². The number of carbonyl (C=O) groups is 1. The first-order valence-corrected chi connectivity index (χ1v) is 6.86. The van der Waals surface area contributed by atoms with Crippen LogP contribution >= 0.6 is 11.8 Å². The maximum atomic E-state index is 11.9. The number of likely N-dealkylation sites (tertiary alicyclic amines) is 1. The monoisotopic (exact) mass is 228 g/mol. The second-order valence-corrected chi connectivity index (χ2v) is 6.14. The molecule has 2 aliphatic heterocycles. The minimum absolute atomic E-state index is 0.341. The molecule has 4 heteroatoms. The molecule has 0 aliphatic carbocycles. The molecule has 3 nitrogen and oxygen atoms in total. The van der Waals surface area contributed by atoms with Gasteiger partial charge in [0.05, 0.1) is 11.8 Å². The van der Waals surface area contributed by atoms with Gasteiger partial charge in [0.1, 0.15) is 0 Å². The van der Waals surface area contributed by atoms with Crippen molar-refractivity contribution in [3.8, 4) is 0 Å². The zero-order valence-electron chi connectivity index (χ0n) is 9.37. The van der Waals surface area contributed by atoms with E-state index in [-0.39, 0.29) is 0 Å². The van der Waals surface area contributed by atoms with E-state index in [0.717, 1.165) is 19.6 Å². The van der Waals surface area contributed by atoms with Crippen molar-refractivity contribution in [2.45, 2.75) is 43.2 Å². The smallest absolute Gasteiger partial charge is 0.225 e. The molecule has 2 aliphatic rings. The fourth-order valence-corrected chi connectivity index (χ4v) is 3.41. The van der Waals surface area contributed by atoms with E-state index in [2.05, 4.69) is 12.2 Å². The Morgan fingerprint density at radius 1 is 1.40 bits per heavy atom. The summed E-state index contributed by atoms with van der Waals surface area (Å²) in [5, 5.41) is 4.40. The third-order valence-corrected chi connectivity index (χ3v) is 4.39. The summed E-state index contributed by atoms with van der Waals surface area (Å²) in [6.45, 7) is 5.21. The van der Waals surface area contributed by atoms with Crippen LogP contribution < -0.4 is 5.32 Å². The molecule has 0 saturated carbocycles. The summed E-state index contributed by atoms with van der Waals surface area (Å²) < 4.78 is 0.